The number of ether oxygens (including phenoxy) is 4. The first kappa shape index (κ1) is 151. The van der Waals surface area contributed by atoms with Crippen LogP contribution < -0.4 is 24.8 Å². The van der Waals surface area contributed by atoms with Crippen molar-refractivity contribution in [3.63, 3.8) is 0 Å². The van der Waals surface area contributed by atoms with Crippen molar-refractivity contribution in [3.05, 3.63) is 304 Å². The van der Waals surface area contributed by atoms with Gasteiger partial charge in [-0.3, -0.25) is 0 Å². The molecule has 2 saturated carbocycles. The van der Waals surface area contributed by atoms with Crippen LogP contribution in [0.2, 0.25) is 0 Å². The highest BCUT2D eigenvalue weighted by atomic mass is 32.2. The number of benzene rings is 10. The van der Waals surface area contributed by atoms with Gasteiger partial charge in [0.1, 0.15) is 5.75 Å². The van der Waals surface area contributed by atoms with Crippen LogP contribution in [-0.2, 0) is 75.0 Å². The number of nitrogens with one attached hydrogen (secondary N) is 2. The molecule has 2 N–H and O–H groups in total. The fourth-order valence-electron chi connectivity index (χ4n) is 14.4. The Morgan fingerprint density at radius 3 is 1.01 bits per heavy atom. The molecule has 0 radical (unpaired) electrons. The topological polar surface area (TPSA) is 61.0 Å². The molecule has 138 heavy (non-hydrogen) atoms. The summed E-state index contributed by atoms with van der Waals surface area (Å²) in [6, 6.07) is 84.5. The molecule has 2 atom stereocenters. The van der Waals surface area contributed by atoms with Crippen LogP contribution in [0.15, 0.2) is 248 Å². The Morgan fingerprint density at radius 2 is 0.580 bits per heavy atom. The van der Waals surface area contributed by atoms with E-state index in [1.165, 1.54) is 174 Å². The third-order valence-electron chi connectivity index (χ3n) is 19.8. The zero-order valence-corrected chi connectivity index (χ0v) is 99.5. The summed E-state index contributed by atoms with van der Waals surface area (Å²) in [5.74, 6) is 8.92. The van der Waals surface area contributed by atoms with Crippen molar-refractivity contribution in [2.24, 2.45) is 11.8 Å². The predicted molar refractivity (Wildman–Crippen MR) is 643 cm³/mol. The van der Waals surface area contributed by atoms with Crippen LogP contribution in [0.5, 0.6) is 17.2 Å². The third kappa shape index (κ3) is 71.7. The summed E-state index contributed by atoms with van der Waals surface area (Å²) in [6.45, 7) is 86.3. The molecule has 790 valence electrons. The highest BCUT2D eigenvalue weighted by Gasteiger charge is 2.29. The van der Waals surface area contributed by atoms with Gasteiger partial charge in [-0.1, -0.05) is 534 Å². The average molecular weight is 1940 g/mol. The van der Waals surface area contributed by atoms with Crippen LogP contribution in [0.25, 0.3) is 10.8 Å². The van der Waals surface area contributed by atoms with Crippen LogP contribution in [0.3, 0.4) is 0 Å². The van der Waals surface area contributed by atoms with Crippen LogP contribution >= 0.6 is 23.5 Å². The Kier molecular flexibility index (Phi) is 137. The molecule has 7 aliphatic heterocycles. The highest BCUT2D eigenvalue weighted by Crippen LogP contribution is 2.42. The second-order valence-electron chi connectivity index (χ2n) is 26.6. The number of hydrogen-bond donors (Lipinski definition) is 2. The summed E-state index contributed by atoms with van der Waals surface area (Å²) in [6.07, 6.45) is 27.2. The van der Waals surface area contributed by atoms with Gasteiger partial charge in [0.25, 0.3) is 0 Å². The molecule has 0 bridgehead atoms. The molecule has 8 heteroatoms. The van der Waals surface area contributed by atoms with Gasteiger partial charge in [0.15, 0.2) is 11.5 Å². The number of thioether (sulfide) groups is 2. The lowest BCUT2D eigenvalue weighted by Gasteiger charge is -2.24. The molecule has 2 unspecified atom stereocenters. The average Bonchev–Trinajstić information content (AvgIpc) is 1.77. The SMILES string of the molecule is C1CCC2CCCC2C1.CC.CC.CC.CC.CC.CC.CC.CC.CC.CC.CC.CC.CC.CC.CC.CC.CC.CC.CC.CC.c1ccc2c(c1)CCCC2.c1ccc2c(c1)CCCN2.c1ccc2c(c1)CCCO2.c1ccc2c(c1)CCCS2.c1ccc2c(c1)CCNC2.c1ccc2c(c1)CCOC2.c1ccc2c(c1)CCSC2.c1ccc2c(c1)OCO2.c1ccc2ccccc2c1. The van der Waals surface area contributed by atoms with Crippen molar-refractivity contribution in [1.29, 1.82) is 0 Å². The van der Waals surface area contributed by atoms with Crippen LogP contribution in [0.4, 0.5) is 5.69 Å². The summed E-state index contributed by atoms with van der Waals surface area (Å²) in [7, 11) is 0. The molecular formula is C130H224N2O4S2. The van der Waals surface area contributed by atoms with Crippen molar-refractivity contribution >= 4 is 40.0 Å². The van der Waals surface area contributed by atoms with E-state index in [-0.39, 0.29) is 0 Å². The van der Waals surface area contributed by atoms with E-state index in [1.54, 1.807) is 53.5 Å². The monoisotopic (exact) mass is 1940 g/mol. The number of rotatable bonds is 0. The molecule has 20 rings (SSSR count). The molecule has 0 saturated heterocycles. The Hall–Kier alpha value is -7.72. The van der Waals surface area contributed by atoms with Gasteiger partial charge in [-0.25, -0.2) is 0 Å². The van der Waals surface area contributed by atoms with Gasteiger partial charge in [-0.15, -0.1) is 11.8 Å². The minimum atomic E-state index is 0.360. The van der Waals surface area contributed by atoms with Crippen molar-refractivity contribution < 1.29 is 18.9 Å². The van der Waals surface area contributed by atoms with Crippen molar-refractivity contribution in [2.75, 3.05) is 49.9 Å². The van der Waals surface area contributed by atoms with Gasteiger partial charge >= 0.3 is 0 Å². The summed E-state index contributed by atoms with van der Waals surface area (Å²) < 4.78 is 20.9. The Balaban J connectivity index is -0.000000158. The van der Waals surface area contributed by atoms with Gasteiger partial charge in [-0.05, 0) is 216 Å². The van der Waals surface area contributed by atoms with Crippen LogP contribution in [0.1, 0.15) is 415 Å². The molecule has 10 aromatic rings. The first-order chi connectivity index (χ1) is 68.7. The smallest absolute Gasteiger partial charge is 0.231 e. The fraction of sp³-hybridized carbons (Fsp3) is 0.554. The molecule has 0 spiro atoms. The molecule has 7 heterocycles. The molecule has 3 aliphatic carbocycles. The Morgan fingerprint density at radius 1 is 0.239 bits per heavy atom. The number of hydrogen-bond acceptors (Lipinski definition) is 8. The largest absolute Gasteiger partial charge is 0.493 e. The van der Waals surface area contributed by atoms with E-state index in [1.807, 2.05) is 337 Å². The Bertz CT molecular complexity index is 3170. The van der Waals surface area contributed by atoms with Crippen molar-refractivity contribution in [1.82, 2.24) is 5.32 Å². The fourth-order valence-corrected chi connectivity index (χ4v) is 16.4. The van der Waals surface area contributed by atoms with E-state index in [0.29, 0.717) is 6.79 Å². The minimum Gasteiger partial charge on any atom is -0.493 e. The molecule has 2 fully saturated rings. The van der Waals surface area contributed by atoms with E-state index in [4.69, 9.17) is 18.9 Å². The molecule has 0 aromatic heterocycles. The van der Waals surface area contributed by atoms with E-state index < -0.39 is 0 Å². The van der Waals surface area contributed by atoms with Crippen molar-refractivity contribution in [2.45, 2.75) is 429 Å². The predicted octanol–water partition coefficient (Wildman–Crippen LogP) is 42.7. The summed E-state index contributed by atoms with van der Waals surface area (Å²) >= 11 is 4.03. The lowest BCUT2D eigenvalue weighted by molar-refractivity contribution is 0.111. The second kappa shape index (κ2) is 125. The van der Waals surface area contributed by atoms with Crippen molar-refractivity contribution in [3.8, 4) is 17.2 Å². The zero-order valence-electron chi connectivity index (χ0n) is 97.9. The van der Waals surface area contributed by atoms with Gasteiger partial charge in [0.05, 0.1) is 19.8 Å². The molecule has 10 aromatic carbocycles. The van der Waals surface area contributed by atoms with Gasteiger partial charge in [-0.2, -0.15) is 11.8 Å². The van der Waals surface area contributed by atoms with E-state index in [2.05, 4.69) is 217 Å². The minimum absolute atomic E-state index is 0.360. The number of anilines is 1. The molecule has 10 aliphatic rings. The quantitative estimate of drug-likeness (QED) is 0.156. The first-order valence-corrected chi connectivity index (χ1v) is 59.0. The molecule has 0 amide bonds. The maximum Gasteiger partial charge on any atom is 0.231 e. The molecular weight excluding hydrogens is 1720 g/mol. The summed E-state index contributed by atoms with van der Waals surface area (Å²) in [5.41, 5.74) is 17.7. The number of fused-ring (bicyclic) bond motifs is 10. The zero-order chi connectivity index (χ0) is 107. The van der Waals surface area contributed by atoms with Gasteiger partial charge < -0.3 is 29.6 Å². The lowest BCUT2D eigenvalue weighted by atomic mass is 9.82. The number of aryl methyl sites for hydroxylation is 6. The normalized spacial score (nSPS) is 13.5. The molecule has 6 nitrogen and oxygen atoms in total. The maximum atomic E-state index is 5.42. The third-order valence-corrected chi connectivity index (χ3v) is 22.0. The highest BCUT2D eigenvalue weighted by molar-refractivity contribution is 7.99. The van der Waals surface area contributed by atoms with Gasteiger partial charge in [0, 0.05) is 29.4 Å². The summed E-state index contributed by atoms with van der Waals surface area (Å²) in [5, 5.41) is 9.32. The van der Waals surface area contributed by atoms with E-state index >= 15 is 0 Å². The van der Waals surface area contributed by atoms with E-state index in [9.17, 15) is 0 Å². The standard InChI is InChI=1S/C10H12.C10H8.2C9H11N.2C9H10O.2C9H10S.C9H16.C7H6O2.20C2H6/c2*1-2-6-10-8-4-3-7-9(10)5-1;1-2-6-9-8(4-1)5-3-7-10-9;1-2-4-9-7-10-6-5-8(9)3-1;1-2-6-9-8(4-1)5-3-7-10-9;1-2-4-9-7-10-6-5-8(9)3-1;1-2-6-9-8(4-1)5-3-7-10-9;1-2-4-9-7-10-6-5-8(9)3-1;1-2-5-9-7-3-6-8(9)4-1;1-2-4-7-6(3-1)8-5-9-7;20*1-2/h1-2,5-6H,3-4,7-8H2;1-8H;1-2,4,6,10H,3,5,7H2;1-4,10H,5-7H2;1-2,4,6H,3,5,7H2;1-4H,5-7H2;1-2,4,6H,3,5,7H2;1-4H,5-7H2;8-9H,1-7H2;1-4H,5H2;20*1-2H3. The first-order valence-electron chi connectivity index (χ1n) is 56.8. The van der Waals surface area contributed by atoms with Gasteiger partial charge in [0.2, 0.25) is 6.79 Å². The second-order valence-corrected chi connectivity index (χ2v) is 28.8. The van der Waals surface area contributed by atoms with E-state index in [0.717, 1.165) is 69.5 Å². The number of para-hydroxylation sites is 4. The summed E-state index contributed by atoms with van der Waals surface area (Å²) in [4.78, 5) is 1.49. The lowest BCUT2D eigenvalue weighted by Crippen LogP contribution is -2.23. The van der Waals surface area contributed by atoms with Crippen LogP contribution in [-0.4, -0.2) is 44.6 Å². The maximum absolute atomic E-state index is 5.42. The Labute approximate surface area is 870 Å². The van der Waals surface area contributed by atoms with Crippen LogP contribution in [0, 0.1) is 11.8 Å².